The summed E-state index contributed by atoms with van der Waals surface area (Å²) in [6, 6.07) is -0.652. The standard InChI is InChI=1S/C8H17N3O4/c1-8(2,3)15-7(13)11-6(12)10-4-5-14-9/h4-5,9H2,1-3H3,(H2,10,11,12,13). The van der Waals surface area contributed by atoms with Gasteiger partial charge in [0.25, 0.3) is 0 Å². The predicted octanol–water partition coefficient (Wildman–Crippen LogP) is 0.111. The van der Waals surface area contributed by atoms with Crippen molar-refractivity contribution in [2.24, 2.45) is 5.90 Å². The number of nitrogens with one attached hydrogen (secondary N) is 2. The maximum absolute atomic E-state index is 11.1. The minimum Gasteiger partial charge on any atom is -0.443 e. The number of amides is 3. The molecule has 15 heavy (non-hydrogen) atoms. The zero-order valence-corrected chi connectivity index (χ0v) is 9.12. The lowest BCUT2D eigenvalue weighted by Gasteiger charge is -2.19. The van der Waals surface area contributed by atoms with Gasteiger partial charge < -0.3 is 14.9 Å². The van der Waals surface area contributed by atoms with Gasteiger partial charge in [-0.15, -0.1) is 0 Å². The second kappa shape index (κ2) is 6.20. The Bertz CT molecular complexity index is 224. The fraction of sp³-hybridized carbons (Fsp3) is 0.750. The molecule has 0 radical (unpaired) electrons. The van der Waals surface area contributed by atoms with E-state index in [0.717, 1.165) is 0 Å². The fourth-order valence-corrected chi connectivity index (χ4v) is 0.664. The molecule has 0 rings (SSSR count). The van der Waals surface area contributed by atoms with Crippen LogP contribution in [-0.4, -0.2) is 30.9 Å². The smallest absolute Gasteiger partial charge is 0.415 e. The molecule has 0 aliphatic heterocycles. The molecule has 0 saturated heterocycles. The molecule has 0 saturated carbocycles. The van der Waals surface area contributed by atoms with E-state index in [0.29, 0.717) is 0 Å². The second-order valence-electron chi connectivity index (χ2n) is 3.75. The number of carbonyl (C=O) groups excluding carboxylic acids is 2. The van der Waals surface area contributed by atoms with Crippen molar-refractivity contribution in [3.8, 4) is 0 Å². The molecule has 0 fully saturated rings. The van der Waals surface area contributed by atoms with Crippen LogP contribution in [0.3, 0.4) is 0 Å². The number of urea groups is 1. The van der Waals surface area contributed by atoms with Crippen molar-refractivity contribution in [1.82, 2.24) is 10.6 Å². The molecule has 0 aromatic carbocycles. The van der Waals surface area contributed by atoms with E-state index in [1.165, 1.54) is 0 Å². The topological polar surface area (TPSA) is 103 Å². The minimum atomic E-state index is -0.798. The van der Waals surface area contributed by atoms with Crippen LogP contribution in [0.2, 0.25) is 0 Å². The van der Waals surface area contributed by atoms with Crippen LogP contribution in [0.5, 0.6) is 0 Å². The summed E-state index contributed by atoms with van der Waals surface area (Å²) >= 11 is 0. The van der Waals surface area contributed by atoms with E-state index in [-0.39, 0.29) is 13.2 Å². The molecule has 0 aliphatic rings. The van der Waals surface area contributed by atoms with Gasteiger partial charge in [-0.2, -0.15) is 0 Å². The van der Waals surface area contributed by atoms with Crippen molar-refractivity contribution >= 4 is 12.1 Å². The Morgan fingerprint density at radius 2 is 1.93 bits per heavy atom. The lowest BCUT2D eigenvalue weighted by atomic mass is 10.2. The first kappa shape index (κ1) is 13.7. The van der Waals surface area contributed by atoms with Crippen molar-refractivity contribution in [2.45, 2.75) is 26.4 Å². The van der Waals surface area contributed by atoms with Crippen LogP contribution in [0.1, 0.15) is 20.8 Å². The average molecular weight is 219 g/mol. The van der Waals surface area contributed by atoms with Crippen LogP contribution in [0.15, 0.2) is 0 Å². The highest BCUT2D eigenvalue weighted by Gasteiger charge is 2.17. The van der Waals surface area contributed by atoms with Gasteiger partial charge in [-0.25, -0.2) is 20.8 Å². The van der Waals surface area contributed by atoms with Crippen LogP contribution < -0.4 is 16.5 Å². The molecule has 0 heterocycles. The fourth-order valence-electron chi connectivity index (χ4n) is 0.664. The summed E-state index contributed by atoms with van der Waals surface area (Å²) in [5.74, 6) is 4.74. The molecule has 0 spiro atoms. The van der Waals surface area contributed by atoms with Gasteiger partial charge in [-0.3, -0.25) is 0 Å². The molecule has 0 aromatic rings. The summed E-state index contributed by atoms with van der Waals surface area (Å²) in [7, 11) is 0. The Balaban J connectivity index is 3.72. The third kappa shape index (κ3) is 8.98. The Morgan fingerprint density at radius 3 is 2.40 bits per heavy atom. The molecule has 7 nitrogen and oxygen atoms in total. The molecule has 0 aromatic heterocycles. The van der Waals surface area contributed by atoms with Crippen LogP contribution in [0, 0.1) is 0 Å². The van der Waals surface area contributed by atoms with E-state index in [1.807, 2.05) is 5.32 Å². The third-order valence-corrected chi connectivity index (χ3v) is 1.12. The lowest BCUT2D eigenvalue weighted by Crippen LogP contribution is -2.43. The summed E-state index contributed by atoms with van der Waals surface area (Å²) in [5.41, 5.74) is -0.634. The average Bonchev–Trinajstić information content (AvgIpc) is 2.00. The number of ether oxygens (including phenoxy) is 1. The quantitative estimate of drug-likeness (QED) is 0.462. The normalized spacial score (nSPS) is 10.7. The first-order valence-electron chi connectivity index (χ1n) is 4.44. The molecule has 0 unspecified atom stereocenters. The van der Waals surface area contributed by atoms with Crippen molar-refractivity contribution < 1.29 is 19.2 Å². The Morgan fingerprint density at radius 1 is 1.33 bits per heavy atom. The van der Waals surface area contributed by atoms with Gasteiger partial charge in [-0.05, 0) is 20.8 Å². The molecule has 3 amide bonds. The Labute approximate surface area is 88.2 Å². The van der Waals surface area contributed by atoms with Crippen molar-refractivity contribution in [1.29, 1.82) is 0 Å². The molecule has 0 atom stereocenters. The number of alkyl carbamates (subject to hydrolysis) is 1. The summed E-state index contributed by atoms with van der Waals surface area (Å²) < 4.78 is 4.85. The van der Waals surface area contributed by atoms with Crippen molar-refractivity contribution in [3.63, 3.8) is 0 Å². The highest BCUT2D eigenvalue weighted by molar-refractivity contribution is 5.90. The molecular weight excluding hydrogens is 202 g/mol. The van der Waals surface area contributed by atoms with Gasteiger partial charge in [0.1, 0.15) is 5.60 Å². The zero-order chi connectivity index (χ0) is 11.9. The van der Waals surface area contributed by atoms with Gasteiger partial charge in [-0.1, -0.05) is 0 Å². The first-order chi connectivity index (χ1) is 6.85. The van der Waals surface area contributed by atoms with Crippen LogP contribution in [0.25, 0.3) is 0 Å². The van der Waals surface area contributed by atoms with Gasteiger partial charge in [0.05, 0.1) is 6.61 Å². The highest BCUT2D eigenvalue weighted by Crippen LogP contribution is 2.05. The van der Waals surface area contributed by atoms with E-state index >= 15 is 0 Å². The molecule has 7 heteroatoms. The van der Waals surface area contributed by atoms with Crippen molar-refractivity contribution in [3.05, 3.63) is 0 Å². The van der Waals surface area contributed by atoms with Crippen LogP contribution in [0.4, 0.5) is 9.59 Å². The van der Waals surface area contributed by atoms with Gasteiger partial charge in [0, 0.05) is 6.54 Å². The van der Waals surface area contributed by atoms with Gasteiger partial charge >= 0.3 is 12.1 Å². The minimum absolute atomic E-state index is 0.168. The van der Waals surface area contributed by atoms with Crippen LogP contribution in [-0.2, 0) is 9.57 Å². The molecule has 0 aliphatic carbocycles. The maximum Gasteiger partial charge on any atom is 0.415 e. The summed E-state index contributed by atoms with van der Waals surface area (Å²) in [6.45, 7) is 5.49. The SMILES string of the molecule is CC(C)(C)OC(=O)NC(=O)NCCON. The summed E-state index contributed by atoms with van der Waals surface area (Å²) in [5, 5.41) is 4.33. The largest absolute Gasteiger partial charge is 0.443 e. The predicted molar refractivity (Wildman–Crippen MR) is 52.9 cm³/mol. The van der Waals surface area contributed by atoms with E-state index in [4.69, 9.17) is 10.6 Å². The van der Waals surface area contributed by atoms with Crippen molar-refractivity contribution in [2.75, 3.05) is 13.2 Å². The van der Waals surface area contributed by atoms with Gasteiger partial charge in [0.2, 0.25) is 0 Å². The van der Waals surface area contributed by atoms with Gasteiger partial charge in [0.15, 0.2) is 0 Å². The number of hydrogen-bond donors (Lipinski definition) is 3. The Hall–Kier alpha value is -1.34. The summed E-state index contributed by atoms with van der Waals surface area (Å²) in [4.78, 5) is 26.3. The third-order valence-electron chi connectivity index (χ3n) is 1.12. The number of hydrogen-bond acceptors (Lipinski definition) is 5. The molecule has 0 bridgehead atoms. The van der Waals surface area contributed by atoms with E-state index in [2.05, 4.69) is 10.2 Å². The number of carbonyl (C=O) groups is 2. The molecular formula is C8H17N3O4. The lowest BCUT2D eigenvalue weighted by molar-refractivity contribution is 0.0546. The van der Waals surface area contributed by atoms with Crippen LogP contribution >= 0.6 is 0 Å². The highest BCUT2D eigenvalue weighted by atomic mass is 16.6. The number of rotatable bonds is 3. The molecule has 4 N–H and O–H groups in total. The molecule has 88 valence electrons. The zero-order valence-electron chi connectivity index (χ0n) is 9.12. The number of nitrogens with two attached hydrogens (primary N) is 1. The second-order valence-corrected chi connectivity index (χ2v) is 3.75. The number of imide groups is 1. The van der Waals surface area contributed by atoms with E-state index < -0.39 is 17.7 Å². The van der Waals surface area contributed by atoms with E-state index in [9.17, 15) is 9.59 Å². The maximum atomic E-state index is 11.1. The summed E-state index contributed by atoms with van der Waals surface area (Å²) in [6.07, 6.45) is -0.798. The monoisotopic (exact) mass is 219 g/mol. The Kier molecular flexibility index (Phi) is 5.65. The van der Waals surface area contributed by atoms with E-state index in [1.54, 1.807) is 20.8 Å². The first-order valence-corrected chi connectivity index (χ1v) is 4.44.